The summed E-state index contributed by atoms with van der Waals surface area (Å²) >= 11 is 0. The SMILES string of the molecule is N#Cc1c2c(c3ccccc3c1N)CCC2. The highest BCUT2D eigenvalue weighted by Gasteiger charge is 2.20. The summed E-state index contributed by atoms with van der Waals surface area (Å²) in [5, 5.41) is 11.5. The maximum atomic E-state index is 9.21. The van der Waals surface area contributed by atoms with Crippen LogP contribution in [0.1, 0.15) is 23.1 Å². The molecule has 78 valence electrons. The Labute approximate surface area is 94.3 Å². The number of rotatable bonds is 0. The van der Waals surface area contributed by atoms with Crippen LogP contribution in [0, 0.1) is 11.3 Å². The van der Waals surface area contributed by atoms with Crippen LogP contribution >= 0.6 is 0 Å². The van der Waals surface area contributed by atoms with Crippen LogP contribution in [0.4, 0.5) is 5.69 Å². The predicted molar refractivity (Wildman–Crippen MR) is 65.1 cm³/mol. The van der Waals surface area contributed by atoms with Crippen molar-refractivity contribution in [1.82, 2.24) is 0 Å². The normalized spacial score (nSPS) is 13.7. The molecule has 0 heterocycles. The fourth-order valence-corrected chi connectivity index (χ4v) is 2.72. The van der Waals surface area contributed by atoms with E-state index in [1.807, 2.05) is 18.2 Å². The summed E-state index contributed by atoms with van der Waals surface area (Å²) in [6.45, 7) is 0. The number of fused-ring (bicyclic) bond motifs is 3. The number of nitriles is 1. The van der Waals surface area contributed by atoms with Crippen LogP contribution in [-0.2, 0) is 12.8 Å². The Hall–Kier alpha value is -2.01. The van der Waals surface area contributed by atoms with Gasteiger partial charge >= 0.3 is 0 Å². The quantitative estimate of drug-likeness (QED) is 0.677. The molecule has 16 heavy (non-hydrogen) atoms. The van der Waals surface area contributed by atoms with Gasteiger partial charge in [0, 0.05) is 5.39 Å². The van der Waals surface area contributed by atoms with E-state index in [0.717, 1.165) is 24.6 Å². The standard InChI is InChI=1S/C14H12N2/c15-8-13-11-7-3-6-9(11)10-4-1-2-5-12(10)14(13)16/h1-2,4-5H,3,6-7,16H2. The highest BCUT2D eigenvalue weighted by Crippen LogP contribution is 2.37. The van der Waals surface area contributed by atoms with Crippen LogP contribution in [0.2, 0.25) is 0 Å². The molecule has 0 spiro atoms. The molecule has 1 aliphatic carbocycles. The molecule has 0 amide bonds. The smallest absolute Gasteiger partial charge is 0.102 e. The molecular weight excluding hydrogens is 196 g/mol. The second kappa shape index (κ2) is 3.24. The van der Waals surface area contributed by atoms with E-state index in [9.17, 15) is 5.26 Å². The van der Waals surface area contributed by atoms with Crippen molar-refractivity contribution in [2.24, 2.45) is 0 Å². The topological polar surface area (TPSA) is 49.8 Å². The lowest BCUT2D eigenvalue weighted by atomic mass is 9.94. The van der Waals surface area contributed by atoms with Crippen LogP contribution < -0.4 is 5.73 Å². The fraction of sp³-hybridized carbons (Fsp3) is 0.214. The zero-order chi connectivity index (χ0) is 11.1. The molecule has 0 saturated carbocycles. The highest BCUT2D eigenvalue weighted by atomic mass is 14.6. The first-order chi connectivity index (χ1) is 7.83. The summed E-state index contributed by atoms with van der Waals surface area (Å²) in [5.74, 6) is 0. The van der Waals surface area contributed by atoms with E-state index in [-0.39, 0.29) is 0 Å². The van der Waals surface area contributed by atoms with E-state index in [0.29, 0.717) is 11.3 Å². The molecule has 0 atom stereocenters. The third-order valence-corrected chi connectivity index (χ3v) is 3.44. The molecule has 2 heteroatoms. The number of hydrogen-bond donors (Lipinski definition) is 1. The van der Waals surface area contributed by atoms with Gasteiger partial charge in [-0.2, -0.15) is 5.26 Å². The molecule has 0 unspecified atom stereocenters. The first kappa shape index (κ1) is 9.23. The van der Waals surface area contributed by atoms with Gasteiger partial charge in [0.1, 0.15) is 6.07 Å². The van der Waals surface area contributed by atoms with Gasteiger partial charge in [0.05, 0.1) is 11.3 Å². The molecule has 0 aliphatic heterocycles. The minimum atomic E-state index is 0.652. The Kier molecular flexibility index (Phi) is 1.87. The van der Waals surface area contributed by atoms with Gasteiger partial charge in [0.2, 0.25) is 0 Å². The Morgan fingerprint density at radius 3 is 2.50 bits per heavy atom. The Bertz CT molecular complexity index is 606. The monoisotopic (exact) mass is 208 g/mol. The van der Waals surface area contributed by atoms with Crippen LogP contribution in [-0.4, -0.2) is 0 Å². The van der Waals surface area contributed by atoms with Gasteiger partial charge in [-0.25, -0.2) is 0 Å². The summed E-state index contributed by atoms with van der Waals surface area (Å²) in [4.78, 5) is 0. The van der Waals surface area contributed by atoms with Gasteiger partial charge in [-0.3, -0.25) is 0 Å². The van der Waals surface area contributed by atoms with Gasteiger partial charge in [0.15, 0.2) is 0 Å². The molecule has 3 rings (SSSR count). The lowest BCUT2D eigenvalue weighted by Crippen LogP contribution is -1.98. The number of anilines is 1. The summed E-state index contributed by atoms with van der Waals surface area (Å²) in [7, 11) is 0. The second-order valence-electron chi connectivity index (χ2n) is 4.26. The van der Waals surface area contributed by atoms with Crippen molar-refractivity contribution in [3.05, 3.63) is 41.0 Å². The number of benzene rings is 2. The molecule has 1 aliphatic rings. The van der Waals surface area contributed by atoms with Crippen molar-refractivity contribution in [3.8, 4) is 6.07 Å². The van der Waals surface area contributed by atoms with Crippen molar-refractivity contribution in [2.75, 3.05) is 5.73 Å². The highest BCUT2D eigenvalue weighted by molar-refractivity contribution is 5.99. The average Bonchev–Trinajstić information content (AvgIpc) is 2.79. The molecule has 2 aromatic carbocycles. The van der Waals surface area contributed by atoms with Gasteiger partial charge in [-0.05, 0) is 35.8 Å². The largest absolute Gasteiger partial charge is 0.397 e. The molecule has 0 fully saturated rings. The summed E-state index contributed by atoms with van der Waals surface area (Å²) in [6, 6.07) is 10.4. The molecule has 0 radical (unpaired) electrons. The first-order valence-corrected chi connectivity index (χ1v) is 5.55. The van der Waals surface area contributed by atoms with E-state index in [1.165, 1.54) is 16.5 Å². The molecule has 2 N–H and O–H groups in total. The van der Waals surface area contributed by atoms with Gasteiger partial charge in [-0.1, -0.05) is 24.3 Å². The molecular formula is C14H12N2. The lowest BCUT2D eigenvalue weighted by molar-refractivity contribution is 0.912. The maximum Gasteiger partial charge on any atom is 0.102 e. The van der Waals surface area contributed by atoms with Crippen molar-refractivity contribution in [2.45, 2.75) is 19.3 Å². The van der Waals surface area contributed by atoms with Gasteiger partial charge in [0.25, 0.3) is 0 Å². The van der Waals surface area contributed by atoms with E-state index >= 15 is 0 Å². The maximum absolute atomic E-state index is 9.21. The number of nitrogens with two attached hydrogens (primary N) is 1. The molecule has 0 bridgehead atoms. The zero-order valence-corrected chi connectivity index (χ0v) is 8.96. The molecule has 2 aromatic rings. The van der Waals surface area contributed by atoms with Crippen LogP contribution in [0.15, 0.2) is 24.3 Å². The van der Waals surface area contributed by atoms with E-state index < -0.39 is 0 Å². The van der Waals surface area contributed by atoms with Crippen LogP contribution in [0.5, 0.6) is 0 Å². The van der Waals surface area contributed by atoms with Crippen molar-refractivity contribution < 1.29 is 0 Å². The minimum Gasteiger partial charge on any atom is -0.397 e. The predicted octanol–water partition coefficient (Wildman–Crippen LogP) is 2.78. The Morgan fingerprint density at radius 1 is 1.06 bits per heavy atom. The summed E-state index contributed by atoms with van der Waals surface area (Å²) < 4.78 is 0. The number of nitrogen functional groups attached to an aromatic ring is 1. The second-order valence-corrected chi connectivity index (χ2v) is 4.26. The molecule has 0 saturated heterocycles. The van der Waals surface area contributed by atoms with Crippen LogP contribution in [0.25, 0.3) is 10.8 Å². The Morgan fingerprint density at radius 2 is 1.75 bits per heavy atom. The van der Waals surface area contributed by atoms with E-state index in [4.69, 9.17) is 5.73 Å². The Balaban J connectivity index is 2.53. The number of hydrogen-bond acceptors (Lipinski definition) is 2. The summed E-state index contributed by atoms with van der Waals surface area (Å²) in [6.07, 6.45) is 3.20. The van der Waals surface area contributed by atoms with E-state index in [1.54, 1.807) is 0 Å². The first-order valence-electron chi connectivity index (χ1n) is 5.55. The molecule has 0 aromatic heterocycles. The van der Waals surface area contributed by atoms with Crippen molar-refractivity contribution in [3.63, 3.8) is 0 Å². The number of aryl methyl sites for hydroxylation is 1. The van der Waals surface area contributed by atoms with Crippen LogP contribution in [0.3, 0.4) is 0 Å². The summed E-state index contributed by atoms with van der Waals surface area (Å²) in [5.41, 5.74) is 9.95. The zero-order valence-electron chi connectivity index (χ0n) is 8.96. The average molecular weight is 208 g/mol. The fourth-order valence-electron chi connectivity index (χ4n) is 2.72. The third-order valence-electron chi connectivity index (χ3n) is 3.44. The van der Waals surface area contributed by atoms with E-state index in [2.05, 4.69) is 12.1 Å². The van der Waals surface area contributed by atoms with Gasteiger partial charge in [-0.15, -0.1) is 0 Å². The minimum absolute atomic E-state index is 0.652. The number of nitrogens with zero attached hydrogens (tertiary/aromatic N) is 1. The molecule has 2 nitrogen and oxygen atoms in total. The van der Waals surface area contributed by atoms with Crippen molar-refractivity contribution >= 4 is 16.5 Å². The van der Waals surface area contributed by atoms with Gasteiger partial charge < -0.3 is 5.73 Å². The third kappa shape index (κ3) is 1.06. The lowest BCUT2D eigenvalue weighted by Gasteiger charge is -2.11. The van der Waals surface area contributed by atoms with Crippen molar-refractivity contribution in [1.29, 1.82) is 5.26 Å².